The van der Waals surface area contributed by atoms with Crippen molar-refractivity contribution in [1.29, 1.82) is 0 Å². The van der Waals surface area contributed by atoms with Gasteiger partial charge in [0.25, 0.3) is 0 Å². The molecule has 1 N–H and O–H groups in total. The zero-order valence-corrected chi connectivity index (χ0v) is 12.9. The Labute approximate surface area is 119 Å². The molecular formula is C15H32N4. The molecule has 0 radical (unpaired) electrons. The van der Waals surface area contributed by atoms with Gasteiger partial charge in [0, 0.05) is 32.2 Å². The molecule has 0 spiro atoms. The molecule has 0 aromatic heterocycles. The highest BCUT2D eigenvalue weighted by Crippen LogP contribution is 2.18. The minimum Gasteiger partial charge on any atom is -0.314 e. The topological polar surface area (TPSA) is 21.8 Å². The zero-order chi connectivity index (χ0) is 13.5. The molecule has 1 unspecified atom stereocenters. The predicted octanol–water partition coefficient (Wildman–Crippen LogP) is 0.698. The van der Waals surface area contributed by atoms with Crippen molar-refractivity contribution in [2.24, 2.45) is 0 Å². The second-order valence-electron chi connectivity index (χ2n) is 6.31. The molecule has 2 aliphatic heterocycles. The maximum atomic E-state index is 3.56. The highest BCUT2D eigenvalue weighted by molar-refractivity contribution is 4.78. The summed E-state index contributed by atoms with van der Waals surface area (Å²) in [4.78, 5) is 7.66. The maximum absolute atomic E-state index is 3.56. The molecule has 0 aliphatic carbocycles. The SMILES string of the molecule is CN1CCCN(CCC2CCCN2C)CCNCC1. The van der Waals surface area contributed by atoms with Crippen molar-refractivity contribution in [3.05, 3.63) is 0 Å². The molecule has 0 amide bonds. The van der Waals surface area contributed by atoms with Crippen molar-refractivity contribution < 1.29 is 0 Å². The largest absolute Gasteiger partial charge is 0.314 e. The van der Waals surface area contributed by atoms with Crippen LogP contribution in [-0.4, -0.2) is 87.2 Å². The summed E-state index contributed by atoms with van der Waals surface area (Å²) in [7, 11) is 4.53. The summed E-state index contributed by atoms with van der Waals surface area (Å²) in [5, 5.41) is 3.56. The zero-order valence-electron chi connectivity index (χ0n) is 12.9. The molecular weight excluding hydrogens is 236 g/mol. The highest BCUT2D eigenvalue weighted by atomic mass is 15.2. The number of likely N-dealkylation sites (N-methyl/N-ethyl adjacent to an activating group) is 1. The van der Waals surface area contributed by atoms with Gasteiger partial charge in [-0.15, -0.1) is 0 Å². The van der Waals surface area contributed by atoms with Gasteiger partial charge in [-0.1, -0.05) is 0 Å². The fourth-order valence-electron chi connectivity index (χ4n) is 3.32. The van der Waals surface area contributed by atoms with Crippen LogP contribution in [-0.2, 0) is 0 Å². The van der Waals surface area contributed by atoms with Crippen LogP contribution < -0.4 is 5.32 Å². The highest BCUT2D eigenvalue weighted by Gasteiger charge is 2.21. The van der Waals surface area contributed by atoms with E-state index in [-0.39, 0.29) is 0 Å². The summed E-state index contributed by atoms with van der Waals surface area (Å²) in [5.41, 5.74) is 0. The molecule has 2 aliphatic rings. The van der Waals surface area contributed by atoms with Crippen LogP contribution in [0.1, 0.15) is 25.7 Å². The summed E-state index contributed by atoms with van der Waals surface area (Å²) < 4.78 is 0. The lowest BCUT2D eigenvalue weighted by atomic mass is 10.1. The van der Waals surface area contributed by atoms with Crippen LogP contribution >= 0.6 is 0 Å². The average Bonchev–Trinajstić information content (AvgIpc) is 2.80. The van der Waals surface area contributed by atoms with Gasteiger partial charge in [-0.3, -0.25) is 0 Å². The van der Waals surface area contributed by atoms with E-state index >= 15 is 0 Å². The molecule has 0 saturated carbocycles. The molecule has 1 atom stereocenters. The van der Waals surface area contributed by atoms with Crippen LogP contribution in [0.25, 0.3) is 0 Å². The molecule has 2 saturated heterocycles. The molecule has 2 fully saturated rings. The number of likely N-dealkylation sites (tertiary alicyclic amines) is 1. The first-order chi connectivity index (χ1) is 9.25. The van der Waals surface area contributed by atoms with Crippen molar-refractivity contribution in [3.8, 4) is 0 Å². The Morgan fingerprint density at radius 3 is 2.58 bits per heavy atom. The number of rotatable bonds is 3. The number of hydrogen-bond donors (Lipinski definition) is 1. The summed E-state index contributed by atoms with van der Waals surface area (Å²) in [6.07, 6.45) is 5.47. The minimum absolute atomic E-state index is 0.839. The quantitative estimate of drug-likeness (QED) is 0.813. The van der Waals surface area contributed by atoms with Gasteiger partial charge in [0.15, 0.2) is 0 Å². The Morgan fingerprint density at radius 2 is 1.79 bits per heavy atom. The van der Waals surface area contributed by atoms with Crippen LogP contribution in [0.15, 0.2) is 0 Å². The summed E-state index contributed by atoms with van der Waals surface area (Å²) >= 11 is 0. The van der Waals surface area contributed by atoms with E-state index in [1.54, 1.807) is 0 Å². The molecule has 4 heteroatoms. The molecule has 4 nitrogen and oxygen atoms in total. The van der Waals surface area contributed by atoms with Crippen LogP contribution in [0.4, 0.5) is 0 Å². The van der Waals surface area contributed by atoms with Gasteiger partial charge in [0.1, 0.15) is 0 Å². The van der Waals surface area contributed by atoms with Crippen molar-refractivity contribution in [3.63, 3.8) is 0 Å². The predicted molar refractivity (Wildman–Crippen MR) is 81.7 cm³/mol. The van der Waals surface area contributed by atoms with Gasteiger partial charge < -0.3 is 20.0 Å². The second-order valence-corrected chi connectivity index (χ2v) is 6.31. The Hall–Kier alpha value is -0.160. The molecule has 19 heavy (non-hydrogen) atoms. The normalized spacial score (nSPS) is 29.7. The van der Waals surface area contributed by atoms with Gasteiger partial charge in [-0.25, -0.2) is 0 Å². The summed E-state index contributed by atoms with van der Waals surface area (Å²) in [5.74, 6) is 0. The Bertz CT molecular complexity index is 246. The first-order valence-electron chi connectivity index (χ1n) is 8.07. The minimum atomic E-state index is 0.839. The Morgan fingerprint density at radius 1 is 0.947 bits per heavy atom. The number of nitrogens with zero attached hydrogens (tertiary/aromatic N) is 3. The van der Waals surface area contributed by atoms with Crippen molar-refractivity contribution in [1.82, 2.24) is 20.0 Å². The number of hydrogen-bond acceptors (Lipinski definition) is 4. The van der Waals surface area contributed by atoms with Gasteiger partial charge >= 0.3 is 0 Å². The van der Waals surface area contributed by atoms with E-state index in [0.717, 1.165) is 19.1 Å². The van der Waals surface area contributed by atoms with Gasteiger partial charge in [0.2, 0.25) is 0 Å². The first kappa shape index (κ1) is 15.2. The summed E-state index contributed by atoms with van der Waals surface area (Å²) in [6.45, 7) is 9.78. The van der Waals surface area contributed by atoms with E-state index < -0.39 is 0 Å². The smallest absolute Gasteiger partial charge is 0.0107 e. The van der Waals surface area contributed by atoms with Crippen LogP contribution in [0.5, 0.6) is 0 Å². The molecule has 0 aromatic rings. The third kappa shape index (κ3) is 5.38. The van der Waals surface area contributed by atoms with Crippen LogP contribution in [0.2, 0.25) is 0 Å². The fraction of sp³-hybridized carbons (Fsp3) is 1.00. The van der Waals surface area contributed by atoms with Gasteiger partial charge in [0.05, 0.1) is 0 Å². The van der Waals surface area contributed by atoms with E-state index in [2.05, 4.69) is 34.1 Å². The Kier molecular flexibility index (Phi) is 6.57. The standard InChI is InChI=1S/C15H32N4/c1-17-9-4-11-19(14-8-16-7-13-17)12-6-15-5-3-10-18(15)2/h15-16H,3-14H2,1-2H3. The molecule has 112 valence electrons. The third-order valence-electron chi connectivity index (χ3n) is 4.74. The second kappa shape index (κ2) is 8.20. The lowest BCUT2D eigenvalue weighted by Gasteiger charge is -2.28. The monoisotopic (exact) mass is 268 g/mol. The van der Waals surface area contributed by atoms with Crippen molar-refractivity contribution in [2.75, 3.05) is 66.5 Å². The Balaban J connectivity index is 1.70. The van der Waals surface area contributed by atoms with E-state index in [4.69, 9.17) is 0 Å². The van der Waals surface area contributed by atoms with Gasteiger partial charge in [-0.05, 0) is 66.0 Å². The van der Waals surface area contributed by atoms with Crippen LogP contribution in [0.3, 0.4) is 0 Å². The third-order valence-corrected chi connectivity index (χ3v) is 4.74. The summed E-state index contributed by atoms with van der Waals surface area (Å²) in [6, 6.07) is 0.839. The lowest BCUT2D eigenvalue weighted by Crippen LogP contribution is -2.41. The van der Waals surface area contributed by atoms with E-state index in [0.29, 0.717) is 0 Å². The lowest BCUT2D eigenvalue weighted by molar-refractivity contribution is 0.204. The maximum Gasteiger partial charge on any atom is 0.0107 e. The van der Waals surface area contributed by atoms with E-state index in [9.17, 15) is 0 Å². The van der Waals surface area contributed by atoms with E-state index in [1.165, 1.54) is 65.0 Å². The molecule has 0 bridgehead atoms. The molecule has 2 heterocycles. The molecule has 0 aromatic carbocycles. The van der Waals surface area contributed by atoms with Crippen LogP contribution in [0, 0.1) is 0 Å². The average molecular weight is 268 g/mol. The number of nitrogens with one attached hydrogen (secondary N) is 1. The van der Waals surface area contributed by atoms with Gasteiger partial charge in [-0.2, -0.15) is 0 Å². The van der Waals surface area contributed by atoms with Crippen molar-refractivity contribution >= 4 is 0 Å². The van der Waals surface area contributed by atoms with Crippen molar-refractivity contribution in [2.45, 2.75) is 31.7 Å². The van der Waals surface area contributed by atoms with E-state index in [1.807, 2.05) is 0 Å². The molecule has 2 rings (SSSR count). The first-order valence-corrected chi connectivity index (χ1v) is 8.07. The fourth-order valence-corrected chi connectivity index (χ4v) is 3.32.